The first-order valence-electron chi connectivity index (χ1n) is 7.77. The van der Waals surface area contributed by atoms with Gasteiger partial charge in [0.1, 0.15) is 0 Å². The normalized spacial score (nSPS) is 18.5. The van der Waals surface area contributed by atoms with Gasteiger partial charge in [0.05, 0.1) is 12.6 Å². The Morgan fingerprint density at radius 2 is 2.23 bits per heavy atom. The summed E-state index contributed by atoms with van der Waals surface area (Å²) in [6.45, 7) is 4.63. The summed E-state index contributed by atoms with van der Waals surface area (Å²) in [6.07, 6.45) is 2.71. The second kappa shape index (κ2) is 8.68. The van der Waals surface area contributed by atoms with Crippen LogP contribution >= 0.6 is 0 Å². The maximum atomic E-state index is 13.6. The number of hydrogen-bond acceptors (Lipinski definition) is 2. The van der Waals surface area contributed by atoms with Crippen LogP contribution in [0.4, 0.5) is 8.78 Å². The summed E-state index contributed by atoms with van der Waals surface area (Å²) in [4.78, 5) is 4.47. The molecule has 4 nitrogen and oxygen atoms in total. The second-order valence-corrected chi connectivity index (χ2v) is 5.24. The van der Waals surface area contributed by atoms with Gasteiger partial charge in [-0.15, -0.1) is 0 Å². The van der Waals surface area contributed by atoms with Crippen molar-refractivity contribution in [2.75, 3.05) is 26.2 Å². The first-order chi connectivity index (χ1) is 10.7. The monoisotopic (exact) mass is 311 g/mol. The zero-order valence-electron chi connectivity index (χ0n) is 12.9. The van der Waals surface area contributed by atoms with Gasteiger partial charge in [0, 0.05) is 19.7 Å². The molecule has 2 N–H and O–H groups in total. The molecule has 1 atom stereocenters. The van der Waals surface area contributed by atoms with E-state index in [4.69, 9.17) is 4.74 Å². The Kier molecular flexibility index (Phi) is 6.58. The second-order valence-electron chi connectivity index (χ2n) is 5.24. The first-order valence-corrected chi connectivity index (χ1v) is 7.77. The van der Waals surface area contributed by atoms with Crippen LogP contribution in [0.2, 0.25) is 0 Å². The molecule has 1 aromatic rings. The minimum absolute atomic E-state index is 0.191. The number of hydrogen-bond donors (Lipinski definition) is 2. The molecule has 122 valence electrons. The predicted octanol–water partition coefficient (Wildman–Crippen LogP) is 2.24. The van der Waals surface area contributed by atoms with Crippen molar-refractivity contribution in [2.45, 2.75) is 32.3 Å². The van der Waals surface area contributed by atoms with Crippen LogP contribution in [-0.2, 0) is 11.2 Å². The number of aliphatic imine (C=N–C) groups is 1. The third kappa shape index (κ3) is 4.94. The molecule has 0 radical (unpaired) electrons. The summed E-state index contributed by atoms with van der Waals surface area (Å²) in [5.41, 5.74) is 0.363. The number of guanidine groups is 1. The molecule has 1 heterocycles. The molecule has 1 aromatic carbocycles. The van der Waals surface area contributed by atoms with Gasteiger partial charge in [-0.05, 0) is 37.8 Å². The van der Waals surface area contributed by atoms with Gasteiger partial charge < -0.3 is 15.4 Å². The van der Waals surface area contributed by atoms with Gasteiger partial charge in [-0.2, -0.15) is 0 Å². The van der Waals surface area contributed by atoms with Crippen molar-refractivity contribution in [1.29, 1.82) is 0 Å². The molecule has 1 aliphatic rings. The van der Waals surface area contributed by atoms with E-state index in [0.717, 1.165) is 32.1 Å². The molecule has 2 rings (SSSR count). The van der Waals surface area contributed by atoms with Gasteiger partial charge >= 0.3 is 0 Å². The highest BCUT2D eigenvalue weighted by Crippen LogP contribution is 2.12. The van der Waals surface area contributed by atoms with Crippen molar-refractivity contribution in [1.82, 2.24) is 10.6 Å². The molecule has 0 amide bonds. The lowest BCUT2D eigenvalue weighted by Crippen LogP contribution is -2.39. The van der Waals surface area contributed by atoms with Crippen LogP contribution in [-0.4, -0.2) is 38.3 Å². The molecule has 0 saturated carbocycles. The van der Waals surface area contributed by atoms with E-state index >= 15 is 0 Å². The summed E-state index contributed by atoms with van der Waals surface area (Å²) in [7, 11) is 0. The summed E-state index contributed by atoms with van der Waals surface area (Å²) in [5.74, 6) is -0.906. The maximum absolute atomic E-state index is 13.6. The van der Waals surface area contributed by atoms with Crippen LogP contribution in [0, 0.1) is 11.6 Å². The number of halogens is 2. The van der Waals surface area contributed by atoms with E-state index in [1.807, 2.05) is 6.92 Å². The van der Waals surface area contributed by atoms with E-state index in [9.17, 15) is 8.78 Å². The summed E-state index contributed by atoms with van der Waals surface area (Å²) in [5, 5.41) is 6.27. The van der Waals surface area contributed by atoms with Crippen molar-refractivity contribution >= 4 is 5.96 Å². The van der Waals surface area contributed by atoms with Crippen molar-refractivity contribution < 1.29 is 13.5 Å². The molecule has 0 spiro atoms. The lowest BCUT2D eigenvalue weighted by Gasteiger charge is -2.13. The van der Waals surface area contributed by atoms with Gasteiger partial charge in [-0.3, -0.25) is 4.99 Å². The largest absolute Gasteiger partial charge is 0.376 e. The number of nitrogens with one attached hydrogen (secondary N) is 2. The van der Waals surface area contributed by atoms with Crippen LogP contribution in [0.25, 0.3) is 0 Å². The maximum Gasteiger partial charge on any atom is 0.191 e. The molecular formula is C16H23F2N3O. The zero-order chi connectivity index (χ0) is 15.8. The van der Waals surface area contributed by atoms with Gasteiger partial charge in [-0.25, -0.2) is 8.78 Å². The molecule has 0 aliphatic carbocycles. The zero-order valence-corrected chi connectivity index (χ0v) is 12.9. The Balaban J connectivity index is 1.83. The van der Waals surface area contributed by atoms with Gasteiger partial charge in [-0.1, -0.05) is 12.1 Å². The number of rotatable bonds is 6. The third-order valence-electron chi connectivity index (χ3n) is 3.54. The third-order valence-corrected chi connectivity index (χ3v) is 3.54. The van der Waals surface area contributed by atoms with Crippen LogP contribution in [0.3, 0.4) is 0 Å². The Morgan fingerprint density at radius 1 is 1.36 bits per heavy atom. The summed E-state index contributed by atoms with van der Waals surface area (Å²) < 4.78 is 32.2. The molecule has 1 fully saturated rings. The highest BCUT2D eigenvalue weighted by Gasteiger charge is 2.15. The van der Waals surface area contributed by atoms with Crippen molar-refractivity contribution in [3.05, 3.63) is 35.4 Å². The molecular weight excluding hydrogens is 288 g/mol. The van der Waals surface area contributed by atoms with E-state index in [1.54, 1.807) is 6.07 Å². The van der Waals surface area contributed by atoms with E-state index in [2.05, 4.69) is 15.6 Å². The minimum Gasteiger partial charge on any atom is -0.376 e. The lowest BCUT2D eigenvalue weighted by molar-refractivity contribution is 0.117. The fourth-order valence-electron chi connectivity index (χ4n) is 2.38. The summed E-state index contributed by atoms with van der Waals surface area (Å²) >= 11 is 0. The Bertz CT molecular complexity index is 502. The predicted molar refractivity (Wildman–Crippen MR) is 83.0 cm³/mol. The smallest absolute Gasteiger partial charge is 0.191 e. The fraction of sp³-hybridized carbons (Fsp3) is 0.562. The number of nitrogens with zero attached hydrogens (tertiary/aromatic N) is 1. The minimum atomic E-state index is -0.809. The molecule has 22 heavy (non-hydrogen) atoms. The first kappa shape index (κ1) is 16.7. The van der Waals surface area contributed by atoms with Crippen LogP contribution in [0.1, 0.15) is 25.3 Å². The molecule has 1 saturated heterocycles. The van der Waals surface area contributed by atoms with E-state index in [-0.39, 0.29) is 6.10 Å². The van der Waals surface area contributed by atoms with Gasteiger partial charge in [0.2, 0.25) is 0 Å². The van der Waals surface area contributed by atoms with Crippen molar-refractivity contribution in [3.63, 3.8) is 0 Å². The topological polar surface area (TPSA) is 45.7 Å². The SMILES string of the molecule is CCNC(=NCC1CCCO1)NCCc1cccc(F)c1F. The highest BCUT2D eigenvalue weighted by atomic mass is 19.2. The van der Waals surface area contributed by atoms with E-state index in [0.29, 0.717) is 31.0 Å². The number of ether oxygens (including phenoxy) is 1. The van der Waals surface area contributed by atoms with Crippen LogP contribution in [0.5, 0.6) is 0 Å². The number of benzene rings is 1. The highest BCUT2D eigenvalue weighted by molar-refractivity contribution is 5.79. The van der Waals surface area contributed by atoms with E-state index < -0.39 is 11.6 Å². The molecule has 0 aromatic heterocycles. The molecule has 0 bridgehead atoms. The van der Waals surface area contributed by atoms with Crippen LogP contribution < -0.4 is 10.6 Å². The standard InChI is InChI=1S/C16H23F2N3O/c1-2-19-16(21-11-13-6-4-10-22-13)20-9-8-12-5-3-7-14(17)15(12)18/h3,5,7,13H,2,4,6,8-11H2,1H3,(H2,19,20,21). The quantitative estimate of drug-likeness (QED) is 0.626. The lowest BCUT2D eigenvalue weighted by atomic mass is 10.1. The molecule has 1 aliphatic heterocycles. The van der Waals surface area contributed by atoms with E-state index in [1.165, 1.54) is 6.07 Å². The Labute approximate surface area is 130 Å². The molecule has 1 unspecified atom stereocenters. The van der Waals surface area contributed by atoms with Gasteiger partial charge in [0.15, 0.2) is 17.6 Å². The average Bonchev–Trinajstić information content (AvgIpc) is 3.02. The van der Waals surface area contributed by atoms with Crippen LogP contribution in [0.15, 0.2) is 23.2 Å². The Hall–Kier alpha value is -1.69. The van der Waals surface area contributed by atoms with Crippen molar-refractivity contribution in [2.24, 2.45) is 4.99 Å². The summed E-state index contributed by atoms with van der Waals surface area (Å²) in [6, 6.07) is 4.24. The average molecular weight is 311 g/mol. The Morgan fingerprint density at radius 3 is 2.95 bits per heavy atom. The molecule has 6 heteroatoms. The van der Waals surface area contributed by atoms with Gasteiger partial charge in [0.25, 0.3) is 0 Å². The fourth-order valence-corrected chi connectivity index (χ4v) is 2.38. The van der Waals surface area contributed by atoms with Crippen molar-refractivity contribution in [3.8, 4) is 0 Å².